The highest BCUT2D eigenvalue weighted by atomic mass is 16.3. The Labute approximate surface area is 175 Å². The fourth-order valence-electron chi connectivity index (χ4n) is 5.32. The maximum absolute atomic E-state index is 13.1. The van der Waals surface area contributed by atoms with E-state index < -0.39 is 11.0 Å². The van der Waals surface area contributed by atoms with Crippen molar-refractivity contribution in [1.82, 2.24) is 9.80 Å². The van der Waals surface area contributed by atoms with E-state index in [1.807, 2.05) is 30.3 Å². The van der Waals surface area contributed by atoms with E-state index in [0.717, 1.165) is 63.7 Å². The van der Waals surface area contributed by atoms with E-state index in [4.69, 9.17) is 0 Å². The van der Waals surface area contributed by atoms with Gasteiger partial charge in [0.25, 0.3) is 0 Å². The number of nitrogens with zero attached hydrogens (tertiary/aromatic N) is 2. The summed E-state index contributed by atoms with van der Waals surface area (Å²) in [6, 6.07) is 9.46. The van der Waals surface area contributed by atoms with Crippen molar-refractivity contribution in [2.24, 2.45) is 5.41 Å². The minimum atomic E-state index is -0.912. The first-order valence-corrected chi connectivity index (χ1v) is 11.1. The fraction of sp³-hybridized carbons (Fsp3) is 0.667. The number of hydrogen-bond donors (Lipinski definition) is 1. The number of rotatable bonds is 7. The number of hydrogen-bond acceptors (Lipinski definition) is 4. The van der Waals surface area contributed by atoms with Crippen LogP contribution < -0.4 is 0 Å². The van der Waals surface area contributed by atoms with Crippen LogP contribution in [0, 0.1) is 5.41 Å². The molecule has 1 heterocycles. The average molecular weight is 401 g/mol. The number of aliphatic hydroxyl groups is 1. The standard InChI is InChI=1S/C24H36N2O3/c1-25(2)22(28)23(13-7-4-8-14-23)24(29)15-18-26(19-16-24)17-9-12-21(27)20-10-5-3-6-11-20/h3,5-6,10-11,29H,4,7-9,12-19H2,1-2H3. The van der Waals surface area contributed by atoms with Crippen LogP contribution >= 0.6 is 0 Å². The number of Topliss-reactive ketones (excluding diaryl/α,β-unsaturated/α-hetero) is 1. The van der Waals surface area contributed by atoms with Crippen molar-refractivity contribution in [1.29, 1.82) is 0 Å². The number of benzene rings is 1. The highest BCUT2D eigenvalue weighted by molar-refractivity contribution is 5.95. The molecule has 160 valence electrons. The molecule has 0 atom stereocenters. The normalized spacial score (nSPS) is 21.5. The second-order valence-corrected chi connectivity index (χ2v) is 9.11. The van der Waals surface area contributed by atoms with Crippen molar-refractivity contribution in [3.8, 4) is 0 Å². The molecule has 5 nitrogen and oxygen atoms in total. The fourth-order valence-corrected chi connectivity index (χ4v) is 5.32. The lowest BCUT2D eigenvalue weighted by atomic mass is 9.59. The first-order chi connectivity index (χ1) is 13.9. The molecule has 2 fully saturated rings. The molecule has 1 saturated heterocycles. The molecule has 1 aliphatic heterocycles. The lowest BCUT2D eigenvalue weighted by Crippen LogP contribution is -2.61. The van der Waals surface area contributed by atoms with Gasteiger partial charge in [0.05, 0.1) is 11.0 Å². The van der Waals surface area contributed by atoms with Crippen molar-refractivity contribution < 1.29 is 14.7 Å². The summed E-state index contributed by atoms with van der Waals surface area (Å²) in [7, 11) is 3.61. The first-order valence-electron chi connectivity index (χ1n) is 11.1. The topological polar surface area (TPSA) is 60.9 Å². The Kier molecular flexibility index (Phi) is 7.12. The summed E-state index contributed by atoms with van der Waals surface area (Å²) in [6.45, 7) is 2.44. The molecular formula is C24H36N2O3. The summed E-state index contributed by atoms with van der Waals surface area (Å²) in [6.07, 6.45) is 7.44. The van der Waals surface area contributed by atoms with Crippen LogP contribution in [0.5, 0.6) is 0 Å². The second-order valence-electron chi connectivity index (χ2n) is 9.11. The SMILES string of the molecule is CN(C)C(=O)C1(C2(O)CCN(CCCC(=O)c3ccccc3)CC2)CCCCC1. The van der Waals surface area contributed by atoms with Crippen LogP contribution in [-0.2, 0) is 4.79 Å². The van der Waals surface area contributed by atoms with Crippen molar-refractivity contribution in [3.05, 3.63) is 35.9 Å². The minimum absolute atomic E-state index is 0.0987. The number of likely N-dealkylation sites (tertiary alicyclic amines) is 1. The van der Waals surface area contributed by atoms with Gasteiger partial charge in [-0.2, -0.15) is 0 Å². The predicted molar refractivity (Wildman–Crippen MR) is 115 cm³/mol. The number of piperidine rings is 1. The van der Waals surface area contributed by atoms with Crippen LogP contribution in [0.3, 0.4) is 0 Å². The zero-order valence-electron chi connectivity index (χ0n) is 18.0. The Morgan fingerprint density at radius 1 is 1.00 bits per heavy atom. The molecule has 0 aromatic heterocycles. The van der Waals surface area contributed by atoms with Crippen molar-refractivity contribution in [3.63, 3.8) is 0 Å². The van der Waals surface area contributed by atoms with Crippen LogP contribution in [0.25, 0.3) is 0 Å². The van der Waals surface area contributed by atoms with Gasteiger partial charge in [-0.25, -0.2) is 0 Å². The average Bonchev–Trinajstić information content (AvgIpc) is 2.75. The Bertz CT molecular complexity index is 687. The first kappa shape index (κ1) is 22.0. The summed E-state index contributed by atoms with van der Waals surface area (Å²) in [5.41, 5.74) is -0.753. The van der Waals surface area contributed by atoms with E-state index in [2.05, 4.69) is 4.90 Å². The highest BCUT2D eigenvalue weighted by Gasteiger charge is 2.56. The minimum Gasteiger partial charge on any atom is -0.389 e. The van der Waals surface area contributed by atoms with Gasteiger partial charge in [0.2, 0.25) is 5.91 Å². The van der Waals surface area contributed by atoms with Crippen LogP contribution in [-0.4, -0.2) is 65.9 Å². The summed E-state index contributed by atoms with van der Waals surface area (Å²) in [4.78, 5) is 29.4. The smallest absolute Gasteiger partial charge is 0.231 e. The lowest BCUT2D eigenvalue weighted by Gasteiger charge is -2.52. The third kappa shape index (κ3) is 4.72. The van der Waals surface area contributed by atoms with Gasteiger partial charge >= 0.3 is 0 Å². The van der Waals surface area contributed by atoms with Gasteiger partial charge in [-0.05, 0) is 38.6 Å². The number of ketones is 1. The molecule has 1 N–H and O–H groups in total. The molecule has 3 rings (SSSR count). The molecule has 1 amide bonds. The Morgan fingerprint density at radius 3 is 2.21 bits per heavy atom. The molecule has 2 aliphatic rings. The van der Waals surface area contributed by atoms with E-state index in [0.29, 0.717) is 19.3 Å². The molecule has 1 saturated carbocycles. The van der Waals surface area contributed by atoms with Crippen molar-refractivity contribution in [2.45, 2.75) is 63.4 Å². The maximum atomic E-state index is 13.1. The predicted octanol–water partition coefficient (Wildman–Crippen LogP) is 3.52. The van der Waals surface area contributed by atoms with Crippen molar-refractivity contribution in [2.75, 3.05) is 33.7 Å². The van der Waals surface area contributed by atoms with Gasteiger partial charge < -0.3 is 14.9 Å². The number of carbonyl (C=O) groups is 2. The van der Waals surface area contributed by atoms with Gasteiger partial charge in [-0.1, -0.05) is 49.6 Å². The Morgan fingerprint density at radius 2 is 1.62 bits per heavy atom. The van der Waals surface area contributed by atoms with Gasteiger partial charge in [-0.3, -0.25) is 9.59 Å². The lowest BCUT2D eigenvalue weighted by molar-refractivity contribution is -0.175. The quantitative estimate of drug-likeness (QED) is 0.712. The zero-order valence-corrected chi connectivity index (χ0v) is 18.0. The van der Waals surface area contributed by atoms with Gasteiger partial charge in [0, 0.05) is 39.2 Å². The molecule has 1 aromatic carbocycles. The molecule has 0 bridgehead atoms. The van der Waals surface area contributed by atoms with Crippen molar-refractivity contribution >= 4 is 11.7 Å². The van der Waals surface area contributed by atoms with Crippen LogP contribution in [0.1, 0.15) is 68.1 Å². The molecule has 5 heteroatoms. The monoisotopic (exact) mass is 400 g/mol. The molecule has 0 unspecified atom stereocenters. The van der Waals surface area contributed by atoms with Gasteiger partial charge in [0.15, 0.2) is 5.78 Å². The van der Waals surface area contributed by atoms with Crippen LogP contribution in [0.4, 0.5) is 0 Å². The summed E-state index contributed by atoms with van der Waals surface area (Å²) < 4.78 is 0. The zero-order chi connectivity index (χ0) is 20.9. The van der Waals surface area contributed by atoms with E-state index in [9.17, 15) is 14.7 Å². The van der Waals surface area contributed by atoms with E-state index in [1.54, 1.807) is 19.0 Å². The van der Waals surface area contributed by atoms with Crippen LogP contribution in [0.15, 0.2) is 30.3 Å². The molecular weight excluding hydrogens is 364 g/mol. The van der Waals surface area contributed by atoms with E-state index in [-0.39, 0.29) is 11.7 Å². The maximum Gasteiger partial charge on any atom is 0.231 e. The third-order valence-electron chi connectivity index (χ3n) is 7.07. The summed E-state index contributed by atoms with van der Waals surface area (Å²) in [5.74, 6) is 0.290. The molecule has 0 radical (unpaired) electrons. The van der Waals surface area contributed by atoms with Gasteiger partial charge in [-0.15, -0.1) is 0 Å². The molecule has 29 heavy (non-hydrogen) atoms. The summed E-state index contributed by atoms with van der Waals surface area (Å²) >= 11 is 0. The largest absolute Gasteiger partial charge is 0.389 e. The third-order valence-corrected chi connectivity index (χ3v) is 7.07. The number of amides is 1. The number of carbonyl (C=O) groups excluding carboxylic acids is 2. The van der Waals surface area contributed by atoms with Gasteiger partial charge in [0.1, 0.15) is 0 Å². The van der Waals surface area contributed by atoms with E-state index in [1.165, 1.54) is 0 Å². The Hall–Kier alpha value is -1.72. The molecule has 1 aliphatic carbocycles. The molecule has 0 spiro atoms. The van der Waals surface area contributed by atoms with E-state index >= 15 is 0 Å². The molecule has 1 aromatic rings. The summed E-state index contributed by atoms with van der Waals surface area (Å²) in [5, 5.41) is 11.6. The Balaban J connectivity index is 1.54. The highest BCUT2D eigenvalue weighted by Crippen LogP contribution is 2.50. The van der Waals surface area contributed by atoms with Crippen LogP contribution in [0.2, 0.25) is 0 Å². The second kappa shape index (κ2) is 9.40.